The van der Waals surface area contributed by atoms with E-state index in [1.54, 1.807) is 17.0 Å². The lowest BCUT2D eigenvalue weighted by Gasteiger charge is -2.12. The number of amides is 4. The molecule has 0 saturated carbocycles. The average Bonchev–Trinajstić information content (AvgIpc) is 3.50. The molecule has 0 bridgehead atoms. The molecule has 0 aliphatic rings. The summed E-state index contributed by atoms with van der Waals surface area (Å²) in [6.45, 7) is -5.66. The first-order valence-electron chi connectivity index (χ1n) is 22.5. The Labute approximate surface area is 478 Å². The van der Waals surface area contributed by atoms with Gasteiger partial charge in [-0.05, 0) is 55.8 Å². The molecule has 4 heterocycles. The predicted molar refractivity (Wildman–Crippen MR) is 273 cm³/mol. The number of aryl methyl sites for hydroxylation is 1. The Morgan fingerprint density at radius 2 is 1.25 bits per heavy atom. The summed E-state index contributed by atoms with van der Waals surface area (Å²) in [5, 5.41) is 14.6. The highest BCUT2D eigenvalue weighted by Gasteiger charge is 2.30. The third kappa shape index (κ3) is 18.7. The number of carbonyl (C=O) groups is 4. The molecule has 29 nitrogen and oxygen atoms in total. The van der Waals surface area contributed by atoms with Crippen LogP contribution in [0.4, 0.5) is 52.2 Å². The number of benzene rings is 2. The smallest absolute Gasteiger partial charge is 0.388 e. The van der Waals surface area contributed by atoms with Gasteiger partial charge in [-0.2, -0.15) is 59.4 Å². The van der Waals surface area contributed by atoms with E-state index >= 15 is 0 Å². The lowest BCUT2D eigenvalue weighted by atomic mass is 10.1. The number of sulfonamides is 2. The third-order valence-corrected chi connectivity index (χ3v) is 14.9. The molecule has 0 spiro atoms. The number of anilines is 2. The van der Waals surface area contributed by atoms with Gasteiger partial charge < -0.3 is 28.8 Å². The topological polar surface area (TPSA) is 389 Å². The van der Waals surface area contributed by atoms with E-state index in [0.717, 1.165) is 36.5 Å². The van der Waals surface area contributed by atoms with Crippen molar-refractivity contribution in [2.75, 3.05) is 37.2 Å². The molecule has 1 atom stereocenters. The van der Waals surface area contributed by atoms with E-state index in [0.29, 0.717) is 10.7 Å². The number of hydrogen-bond acceptors (Lipinski definition) is 22. The molecule has 4 amide bonds. The maximum Gasteiger partial charge on any atom is 0.388 e. The van der Waals surface area contributed by atoms with Crippen LogP contribution in [-0.2, 0) is 45.8 Å². The Balaban J connectivity index is 0.000000271. The lowest BCUT2D eigenvalue weighted by molar-refractivity contribution is -0.142. The summed E-state index contributed by atoms with van der Waals surface area (Å²) < 4.78 is 189. The molecule has 0 radical (unpaired) electrons. The van der Waals surface area contributed by atoms with Gasteiger partial charge in [-0.25, -0.2) is 59.4 Å². The molecule has 2 aromatic carbocycles. The van der Waals surface area contributed by atoms with E-state index in [4.69, 9.17) is 42.5 Å². The van der Waals surface area contributed by atoms with Gasteiger partial charge in [-0.15, -0.1) is 16.7 Å². The zero-order valence-electron chi connectivity index (χ0n) is 43.0. The van der Waals surface area contributed by atoms with Crippen LogP contribution in [0.3, 0.4) is 0 Å². The van der Waals surface area contributed by atoms with Crippen molar-refractivity contribution in [2.45, 2.75) is 67.2 Å². The summed E-state index contributed by atoms with van der Waals surface area (Å²) in [5.74, 6) is -6.90. The highest BCUT2D eigenvalue weighted by atomic mass is 35.5. The number of nitrogens with one attached hydrogen (secondary N) is 4. The Morgan fingerprint density at radius 1 is 0.738 bits per heavy atom. The predicted octanol–water partition coefficient (Wildman–Crippen LogP) is 5.32. The minimum absolute atomic E-state index is 0.0424. The molecule has 4 aromatic heterocycles. The van der Waals surface area contributed by atoms with Gasteiger partial charge in [0.1, 0.15) is 26.7 Å². The number of esters is 1. The number of carbonyl (C=O) groups excluding carboxylic acids is 3. The Morgan fingerprint density at radius 3 is 1.74 bits per heavy atom. The molecule has 0 aliphatic heterocycles. The fourth-order valence-corrected chi connectivity index (χ4v) is 10.3. The number of hydrogen-bond donors (Lipinski definition) is 5. The molecule has 6 rings (SSSR count). The second kappa shape index (κ2) is 29.5. The third-order valence-electron chi connectivity index (χ3n) is 9.68. The van der Waals surface area contributed by atoms with Crippen LogP contribution in [0.15, 0.2) is 86.5 Å². The molecule has 456 valence electrons. The van der Waals surface area contributed by atoms with Crippen LogP contribution in [0.2, 0.25) is 5.02 Å². The number of alkyl halides is 7. The second-order valence-corrected chi connectivity index (χ2v) is 21.7. The minimum Gasteiger partial charge on any atom is -0.481 e. The van der Waals surface area contributed by atoms with Crippen LogP contribution in [-0.4, -0.2) is 139 Å². The number of carboxylic acid groups (broad SMARTS) is 1. The fraction of sp³-hybridized carbons (Fsp3) is 0.279. The zero-order valence-corrected chi connectivity index (χ0v) is 46.9. The van der Waals surface area contributed by atoms with Gasteiger partial charge in [0.25, 0.3) is 20.0 Å². The fourth-order valence-electron chi connectivity index (χ4n) is 6.15. The van der Waals surface area contributed by atoms with E-state index < -0.39 is 129 Å². The first-order valence-corrected chi connectivity index (χ1v) is 27.9. The van der Waals surface area contributed by atoms with Crippen molar-refractivity contribution in [3.05, 3.63) is 105 Å². The standard InChI is InChI=1S/C15H14Cl2F3N3O3.C14H10F4N4O7S.C14H17N5O7S2/c1-3-26-13(24)10(17)4-8-5-12(11(18)6-9(8)16)23-15(25)22(14(19)20)7(2)21-23;15-11(16)28-8-5-9(29-12(17)18)20-13(19-8)21-14(25)22-30(26,27)7-4-2-1-3-6(7)10(23)24;1-4-27(21,22)9-6-5-7-15-12(9)28(23,24)19-14(20)18-13-16-10(25-2)8-11(17-13)26-3/h5-6,10,14H,3-4H2,1-2H3;1-5,11-12H,(H,23,24)(H2,19,20,21,22,25);5-8H,4H2,1-3H3,(H2,16,17,18,19,20). The molecular weight excluding hydrogens is 1260 g/mol. The molecular formula is C43H41Cl2F7N12O17S3. The second-order valence-electron chi connectivity index (χ2n) is 15.2. The number of ether oxygens (including phenoxy) is 5. The maximum absolute atomic E-state index is 14.2. The molecule has 6 aromatic rings. The van der Waals surface area contributed by atoms with Gasteiger partial charge in [0.05, 0.1) is 44.3 Å². The van der Waals surface area contributed by atoms with Gasteiger partial charge >= 0.3 is 49.5 Å². The van der Waals surface area contributed by atoms with E-state index in [9.17, 15) is 80.0 Å². The summed E-state index contributed by atoms with van der Waals surface area (Å²) in [5.41, 5.74) is -2.01. The van der Waals surface area contributed by atoms with Gasteiger partial charge in [0.15, 0.2) is 20.7 Å². The van der Waals surface area contributed by atoms with E-state index in [1.807, 2.05) is 0 Å². The lowest BCUT2D eigenvalue weighted by Crippen LogP contribution is -2.36. The molecule has 0 aliphatic carbocycles. The van der Waals surface area contributed by atoms with E-state index in [1.165, 1.54) is 57.1 Å². The molecule has 84 heavy (non-hydrogen) atoms. The molecule has 1 unspecified atom stereocenters. The number of halogens is 9. The highest BCUT2D eigenvalue weighted by molar-refractivity contribution is 7.93. The number of rotatable bonds is 21. The van der Waals surface area contributed by atoms with Crippen LogP contribution < -0.4 is 44.7 Å². The summed E-state index contributed by atoms with van der Waals surface area (Å²) in [6, 6.07) is 7.73. The van der Waals surface area contributed by atoms with Crippen LogP contribution in [0.25, 0.3) is 5.69 Å². The quantitative estimate of drug-likeness (QED) is 0.0345. The summed E-state index contributed by atoms with van der Waals surface area (Å²) in [7, 11) is -10.6. The number of carboxylic acids is 1. The van der Waals surface area contributed by atoms with Crippen molar-refractivity contribution < 1.29 is 104 Å². The number of sulfone groups is 1. The summed E-state index contributed by atoms with van der Waals surface area (Å²) in [6.07, 6.45) is 0.979. The largest absolute Gasteiger partial charge is 0.481 e. The van der Waals surface area contributed by atoms with E-state index in [2.05, 4.69) is 44.8 Å². The maximum atomic E-state index is 14.2. The average molecular weight is 1300 g/mol. The normalized spacial score (nSPS) is 11.7. The number of urea groups is 2. The molecule has 0 fully saturated rings. The zero-order chi connectivity index (χ0) is 63.0. The molecule has 41 heteroatoms. The van der Waals surface area contributed by atoms with Crippen molar-refractivity contribution >= 4 is 89.0 Å². The van der Waals surface area contributed by atoms with Gasteiger partial charge in [0, 0.05) is 17.6 Å². The van der Waals surface area contributed by atoms with Gasteiger partial charge in [-0.1, -0.05) is 30.7 Å². The summed E-state index contributed by atoms with van der Waals surface area (Å²) in [4.78, 5) is 75.4. The number of pyridine rings is 1. The monoisotopic (exact) mass is 1300 g/mol. The SMILES string of the molecule is CCOC(=O)C(Cl)Cc1cc(-n2nc(C)n(C(F)F)c2=O)c(F)cc1Cl.CCS(=O)(=O)c1cccnc1S(=O)(=O)NC(=O)Nc1nc(OC)cc(OC)n1.O=C(Nc1nc(OC(F)F)cc(OC(F)F)n1)NS(=O)(=O)c1ccccc1C(=O)O. The number of aromatic nitrogens is 8. The Hall–Kier alpha value is -8.69. The first kappa shape index (κ1) is 67.8. The van der Waals surface area contributed by atoms with Crippen molar-refractivity contribution in [3.63, 3.8) is 0 Å². The Bertz CT molecular complexity index is 3750. The minimum atomic E-state index is -4.71. The molecule has 5 N–H and O–H groups in total. The first-order chi connectivity index (χ1) is 39.3. The van der Waals surface area contributed by atoms with Crippen molar-refractivity contribution in [1.29, 1.82) is 0 Å². The number of aromatic carboxylic acids is 1. The Kier molecular flexibility index (Phi) is 23.8. The number of methoxy groups -OCH3 is 2. The van der Waals surface area contributed by atoms with E-state index in [-0.39, 0.29) is 63.2 Å². The number of nitrogens with zero attached hydrogens (tertiary/aromatic N) is 8. The van der Waals surface area contributed by atoms with Crippen LogP contribution >= 0.6 is 23.2 Å². The van der Waals surface area contributed by atoms with Crippen LogP contribution in [0.1, 0.15) is 42.1 Å². The van der Waals surface area contributed by atoms with Gasteiger partial charge in [0.2, 0.25) is 35.4 Å². The van der Waals surface area contributed by atoms with Crippen LogP contribution in [0, 0.1) is 12.7 Å². The van der Waals surface area contributed by atoms with Crippen molar-refractivity contribution in [3.8, 4) is 29.2 Å². The summed E-state index contributed by atoms with van der Waals surface area (Å²) >= 11 is 11.9. The van der Waals surface area contributed by atoms with Crippen molar-refractivity contribution in [1.82, 2.24) is 48.7 Å². The van der Waals surface area contributed by atoms with Crippen LogP contribution in [0.5, 0.6) is 23.5 Å². The van der Waals surface area contributed by atoms with Gasteiger partial charge in [-0.3, -0.25) is 15.4 Å². The van der Waals surface area contributed by atoms with Crippen molar-refractivity contribution in [2.24, 2.45) is 0 Å². The highest BCUT2D eigenvalue weighted by Crippen LogP contribution is 2.27. The molecule has 0 saturated heterocycles.